The second-order valence-electron chi connectivity index (χ2n) is 7.20. The predicted octanol–water partition coefficient (Wildman–Crippen LogP) is 1.07. The Balaban J connectivity index is 1.39. The number of nitrogens with zero attached hydrogens (tertiary/aromatic N) is 1. The van der Waals surface area contributed by atoms with Crippen LogP contribution in [0.2, 0.25) is 0 Å². The van der Waals surface area contributed by atoms with Crippen molar-refractivity contribution >= 4 is 23.5 Å². The van der Waals surface area contributed by atoms with Gasteiger partial charge in [-0.3, -0.25) is 14.5 Å². The monoisotopic (exact) mass is 342 g/mol. The molecule has 1 aromatic carbocycles. The van der Waals surface area contributed by atoms with Crippen molar-refractivity contribution in [3.8, 4) is 0 Å². The number of nitrogens with one attached hydrogen (secondary N) is 3. The van der Waals surface area contributed by atoms with Crippen LogP contribution in [0.15, 0.2) is 24.3 Å². The third-order valence-electron chi connectivity index (χ3n) is 5.58. The van der Waals surface area contributed by atoms with Crippen LogP contribution in [0.4, 0.5) is 10.5 Å². The molecule has 1 unspecified atom stereocenters. The maximum absolute atomic E-state index is 12.5. The maximum atomic E-state index is 12.5. The van der Waals surface area contributed by atoms with Crippen molar-refractivity contribution in [3.05, 3.63) is 29.8 Å². The third kappa shape index (κ3) is 3.11. The van der Waals surface area contributed by atoms with Crippen LogP contribution in [0, 0.1) is 11.3 Å². The lowest BCUT2D eigenvalue weighted by Gasteiger charge is -2.23. The van der Waals surface area contributed by atoms with E-state index in [1.807, 2.05) is 24.3 Å². The van der Waals surface area contributed by atoms with Crippen LogP contribution in [0.1, 0.15) is 24.8 Å². The molecular formula is C18H22N4O3. The van der Waals surface area contributed by atoms with Gasteiger partial charge in [0.05, 0.1) is 13.1 Å². The summed E-state index contributed by atoms with van der Waals surface area (Å²) in [5, 5.41) is 8.85. The van der Waals surface area contributed by atoms with Crippen molar-refractivity contribution in [1.82, 2.24) is 15.5 Å². The van der Waals surface area contributed by atoms with Gasteiger partial charge >= 0.3 is 6.03 Å². The van der Waals surface area contributed by atoms with E-state index in [4.69, 9.17) is 0 Å². The summed E-state index contributed by atoms with van der Waals surface area (Å²) in [6.07, 6.45) is 3.11. The Kier molecular flexibility index (Phi) is 3.95. The van der Waals surface area contributed by atoms with Gasteiger partial charge in [0.25, 0.3) is 0 Å². The first-order chi connectivity index (χ1) is 12.1. The van der Waals surface area contributed by atoms with Gasteiger partial charge in [-0.05, 0) is 55.5 Å². The molecule has 25 heavy (non-hydrogen) atoms. The molecule has 2 aliphatic heterocycles. The van der Waals surface area contributed by atoms with Crippen molar-refractivity contribution in [2.75, 3.05) is 25.0 Å². The first-order valence-corrected chi connectivity index (χ1v) is 8.76. The van der Waals surface area contributed by atoms with Gasteiger partial charge < -0.3 is 16.0 Å². The molecule has 1 aliphatic carbocycles. The minimum absolute atomic E-state index is 0.0495. The number of hydrogen-bond acceptors (Lipinski definition) is 4. The van der Waals surface area contributed by atoms with Crippen LogP contribution in [0.3, 0.4) is 0 Å². The van der Waals surface area contributed by atoms with Crippen molar-refractivity contribution < 1.29 is 14.4 Å². The highest BCUT2D eigenvalue weighted by Crippen LogP contribution is 2.58. The third-order valence-corrected chi connectivity index (χ3v) is 5.58. The number of urea groups is 1. The maximum Gasteiger partial charge on any atom is 0.324 e. The highest BCUT2D eigenvalue weighted by Gasteiger charge is 2.57. The largest absolute Gasteiger partial charge is 0.329 e. The summed E-state index contributed by atoms with van der Waals surface area (Å²) in [6.45, 7) is 2.25. The fourth-order valence-corrected chi connectivity index (χ4v) is 3.97. The van der Waals surface area contributed by atoms with Crippen LogP contribution < -0.4 is 16.0 Å². The standard InChI is InChI=1S/C18H22N4O3/c23-15-10-20-17(25)22(15)11-12-2-1-3-13(8-12)21-16(24)14-9-18(14)4-6-19-7-5-18/h1-3,8,14,19H,4-7,9-11H2,(H,20,25)(H,21,24). The Morgan fingerprint density at radius 2 is 2.08 bits per heavy atom. The number of hydrogen-bond donors (Lipinski definition) is 3. The lowest BCUT2D eigenvalue weighted by atomic mass is 9.92. The Morgan fingerprint density at radius 3 is 2.80 bits per heavy atom. The molecule has 0 bridgehead atoms. The van der Waals surface area contributed by atoms with Gasteiger partial charge in [0.2, 0.25) is 11.8 Å². The molecule has 4 amide bonds. The number of piperidine rings is 1. The molecule has 3 N–H and O–H groups in total. The Morgan fingerprint density at radius 1 is 1.28 bits per heavy atom. The summed E-state index contributed by atoms with van der Waals surface area (Å²) < 4.78 is 0. The summed E-state index contributed by atoms with van der Waals surface area (Å²) in [5.41, 5.74) is 1.73. The number of carbonyl (C=O) groups is 3. The van der Waals surface area contributed by atoms with E-state index in [0.29, 0.717) is 5.69 Å². The van der Waals surface area contributed by atoms with E-state index in [-0.39, 0.29) is 42.3 Å². The molecule has 132 valence electrons. The molecule has 1 spiro atoms. The highest BCUT2D eigenvalue weighted by atomic mass is 16.2. The van der Waals surface area contributed by atoms with Gasteiger partial charge in [-0.1, -0.05) is 12.1 Å². The minimum Gasteiger partial charge on any atom is -0.329 e. The van der Waals surface area contributed by atoms with Gasteiger partial charge in [0.15, 0.2) is 0 Å². The molecule has 4 rings (SSSR count). The predicted molar refractivity (Wildman–Crippen MR) is 91.7 cm³/mol. The van der Waals surface area contributed by atoms with Gasteiger partial charge in [0.1, 0.15) is 0 Å². The normalized spacial score (nSPS) is 24.3. The van der Waals surface area contributed by atoms with E-state index in [0.717, 1.165) is 37.9 Å². The second-order valence-corrected chi connectivity index (χ2v) is 7.20. The Bertz CT molecular complexity index is 711. The number of imide groups is 1. The number of rotatable bonds is 4. The topological polar surface area (TPSA) is 90.5 Å². The van der Waals surface area contributed by atoms with E-state index in [2.05, 4.69) is 16.0 Å². The number of anilines is 1. The average Bonchev–Trinajstić information content (AvgIpc) is 3.22. The fourth-order valence-electron chi connectivity index (χ4n) is 3.97. The summed E-state index contributed by atoms with van der Waals surface area (Å²) in [5.74, 6) is -0.0523. The molecule has 2 heterocycles. The van der Waals surface area contributed by atoms with Crippen LogP contribution in [0.25, 0.3) is 0 Å². The van der Waals surface area contributed by atoms with Crippen LogP contribution >= 0.6 is 0 Å². The van der Waals surface area contributed by atoms with Crippen LogP contribution in [-0.4, -0.2) is 42.4 Å². The molecule has 1 aromatic rings. The second kappa shape index (κ2) is 6.15. The smallest absolute Gasteiger partial charge is 0.324 e. The van der Waals surface area contributed by atoms with Gasteiger partial charge in [0, 0.05) is 11.6 Å². The molecule has 1 saturated carbocycles. The van der Waals surface area contributed by atoms with E-state index in [9.17, 15) is 14.4 Å². The Hall–Kier alpha value is -2.41. The number of carbonyl (C=O) groups excluding carboxylic acids is 3. The molecule has 0 aromatic heterocycles. The van der Waals surface area contributed by atoms with Crippen molar-refractivity contribution in [2.24, 2.45) is 11.3 Å². The number of amides is 4. The van der Waals surface area contributed by atoms with Crippen molar-refractivity contribution in [2.45, 2.75) is 25.8 Å². The molecule has 3 aliphatic rings. The molecular weight excluding hydrogens is 320 g/mol. The molecule has 2 saturated heterocycles. The SMILES string of the molecule is O=C(Nc1cccc(CN2C(=O)CNC2=O)c1)C1CC12CCNCC2. The minimum atomic E-state index is -0.370. The zero-order valence-corrected chi connectivity index (χ0v) is 14.0. The zero-order chi connectivity index (χ0) is 17.4. The lowest BCUT2D eigenvalue weighted by Crippen LogP contribution is -2.31. The summed E-state index contributed by atoms with van der Waals surface area (Å²) in [4.78, 5) is 37.1. The molecule has 3 fully saturated rings. The summed E-state index contributed by atoms with van der Waals surface area (Å²) in [6, 6.07) is 6.97. The molecule has 7 nitrogen and oxygen atoms in total. The Labute approximate surface area is 146 Å². The van der Waals surface area contributed by atoms with Crippen LogP contribution in [0.5, 0.6) is 0 Å². The molecule has 0 radical (unpaired) electrons. The zero-order valence-electron chi connectivity index (χ0n) is 14.0. The lowest BCUT2D eigenvalue weighted by molar-refractivity contribution is -0.125. The van der Waals surface area contributed by atoms with Gasteiger partial charge in [-0.15, -0.1) is 0 Å². The van der Waals surface area contributed by atoms with Crippen molar-refractivity contribution in [1.29, 1.82) is 0 Å². The first kappa shape index (κ1) is 16.1. The highest BCUT2D eigenvalue weighted by molar-refractivity contribution is 6.01. The first-order valence-electron chi connectivity index (χ1n) is 8.76. The van der Waals surface area contributed by atoms with E-state index in [1.54, 1.807) is 0 Å². The molecule has 7 heteroatoms. The van der Waals surface area contributed by atoms with E-state index in [1.165, 1.54) is 4.90 Å². The van der Waals surface area contributed by atoms with Crippen LogP contribution in [-0.2, 0) is 16.1 Å². The quantitative estimate of drug-likeness (QED) is 0.714. The summed E-state index contributed by atoms with van der Waals surface area (Å²) >= 11 is 0. The van der Waals surface area contributed by atoms with Gasteiger partial charge in [-0.25, -0.2) is 4.79 Å². The van der Waals surface area contributed by atoms with Gasteiger partial charge in [-0.2, -0.15) is 0 Å². The number of benzene rings is 1. The van der Waals surface area contributed by atoms with E-state index < -0.39 is 0 Å². The van der Waals surface area contributed by atoms with Crippen molar-refractivity contribution in [3.63, 3.8) is 0 Å². The fraction of sp³-hybridized carbons (Fsp3) is 0.500. The molecule has 1 atom stereocenters. The average molecular weight is 342 g/mol. The van der Waals surface area contributed by atoms with E-state index >= 15 is 0 Å². The summed E-state index contributed by atoms with van der Waals surface area (Å²) in [7, 11) is 0.